The molecule has 1 rings (SSSR count). The minimum Gasteiger partial charge on any atom is -0.376 e. The molecule has 0 saturated heterocycles. The van der Waals surface area contributed by atoms with Gasteiger partial charge in [0.25, 0.3) is 5.69 Å². The SMILES string of the molecule is CCC(N)(CC)CNc1c(Cl)cccc1[N+](=O)[O-]. The highest BCUT2D eigenvalue weighted by molar-refractivity contribution is 6.33. The number of nitro benzene ring substituents is 1. The van der Waals surface area contributed by atoms with Crippen LogP contribution in [-0.2, 0) is 0 Å². The van der Waals surface area contributed by atoms with E-state index in [2.05, 4.69) is 5.32 Å². The number of para-hydroxylation sites is 1. The predicted octanol–water partition coefficient (Wildman–Crippen LogP) is 3.18. The molecular weight excluding hydrogens is 254 g/mol. The first-order valence-corrected chi connectivity index (χ1v) is 6.27. The van der Waals surface area contributed by atoms with E-state index in [0.717, 1.165) is 12.8 Å². The summed E-state index contributed by atoms with van der Waals surface area (Å²) in [7, 11) is 0. The Hall–Kier alpha value is -1.33. The molecule has 0 unspecified atom stereocenters. The number of hydrogen-bond acceptors (Lipinski definition) is 4. The molecule has 100 valence electrons. The van der Waals surface area contributed by atoms with E-state index in [-0.39, 0.29) is 11.2 Å². The Morgan fingerprint density at radius 2 is 2.06 bits per heavy atom. The van der Waals surface area contributed by atoms with E-state index in [9.17, 15) is 10.1 Å². The molecule has 1 aromatic carbocycles. The quantitative estimate of drug-likeness (QED) is 0.615. The van der Waals surface area contributed by atoms with Crippen molar-refractivity contribution < 1.29 is 4.92 Å². The smallest absolute Gasteiger partial charge is 0.293 e. The van der Waals surface area contributed by atoms with Gasteiger partial charge in [-0.05, 0) is 18.9 Å². The molecule has 0 heterocycles. The van der Waals surface area contributed by atoms with Gasteiger partial charge in [-0.25, -0.2) is 0 Å². The molecule has 0 atom stereocenters. The number of nitrogens with one attached hydrogen (secondary N) is 1. The van der Waals surface area contributed by atoms with Crippen molar-refractivity contribution in [3.8, 4) is 0 Å². The van der Waals surface area contributed by atoms with Gasteiger partial charge in [0.2, 0.25) is 0 Å². The Balaban J connectivity index is 2.94. The molecule has 0 amide bonds. The van der Waals surface area contributed by atoms with Crippen molar-refractivity contribution in [1.29, 1.82) is 0 Å². The molecule has 0 saturated carbocycles. The van der Waals surface area contributed by atoms with E-state index in [1.165, 1.54) is 6.07 Å². The van der Waals surface area contributed by atoms with Crippen molar-refractivity contribution in [2.45, 2.75) is 32.2 Å². The standard InChI is InChI=1S/C12H18ClN3O2/c1-3-12(14,4-2)8-15-11-9(13)6-5-7-10(11)16(17)18/h5-7,15H,3-4,8,14H2,1-2H3. The fourth-order valence-corrected chi connectivity index (χ4v) is 1.84. The molecule has 6 heteroatoms. The van der Waals surface area contributed by atoms with E-state index in [0.29, 0.717) is 17.3 Å². The van der Waals surface area contributed by atoms with Crippen LogP contribution >= 0.6 is 11.6 Å². The van der Waals surface area contributed by atoms with Gasteiger partial charge in [-0.1, -0.05) is 31.5 Å². The molecule has 0 bridgehead atoms. The van der Waals surface area contributed by atoms with Gasteiger partial charge in [-0.15, -0.1) is 0 Å². The monoisotopic (exact) mass is 271 g/mol. The maximum atomic E-state index is 10.9. The Morgan fingerprint density at radius 1 is 1.44 bits per heavy atom. The van der Waals surface area contributed by atoms with Gasteiger partial charge in [0, 0.05) is 18.2 Å². The minimum atomic E-state index is -0.454. The van der Waals surface area contributed by atoms with Crippen LogP contribution in [-0.4, -0.2) is 17.0 Å². The van der Waals surface area contributed by atoms with Gasteiger partial charge in [0.1, 0.15) is 5.69 Å². The zero-order valence-corrected chi connectivity index (χ0v) is 11.3. The van der Waals surface area contributed by atoms with Crippen LogP contribution < -0.4 is 11.1 Å². The average Bonchev–Trinajstić information content (AvgIpc) is 2.36. The lowest BCUT2D eigenvalue weighted by Crippen LogP contribution is -2.45. The summed E-state index contributed by atoms with van der Waals surface area (Å²) in [5.74, 6) is 0. The van der Waals surface area contributed by atoms with E-state index < -0.39 is 4.92 Å². The third-order valence-corrected chi connectivity index (χ3v) is 3.53. The number of nitrogens with zero attached hydrogens (tertiary/aromatic N) is 1. The number of benzene rings is 1. The number of rotatable bonds is 6. The summed E-state index contributed by atoms with van der Waals surface area (Å²) in [5, 5.41) is 14.3. The third-order valence-electron chi connectivity index (χ3n) is 3.21. The highest BCUT2D eigenvalue weighted by Crippen LogP contribution is 2.32. The van der Waals surface area contributed by atoms with Crippen molar-refractivity contribution >= 4 is 23.0 Å². The maximum Gasteiger partial charge on any atom is 0.293 e. The molecule has 3 N–H and O–H groups in total. The van der Waals surface area contributed by atoms with Gasteiger partial charge in [0.15, 0.2) is 0 Å². The fourth-order valence-electron chi connectivity index (χ4n) is 1.60. The molecule has 0 spiro atoms. The van der Waals surface area contributed by atoms with Crippen LogP contribution in [0.15, 0.2) is 18.2 Å². The normalized spacial score (nSPS) is 11.3. The lowest BCUT2D eigenvalue weighted by molar-refractivity contribution is -0.383. The van der Waals surface area contributed by atoms with Crippen LogP contribution in [0.2, 0.25) is 5.02 Å². The first-order valence-electron chi connectivity index (χ1n) is 5.89. The summed E-state index contributed by atoms with van der Waals surface area (Å²) in [6, 6.07) is 4.60. The molecular formula is C12H18ClN3O2. The topological polar surface area (TPSA) is 81.2 Å². The van der Waals surface area contributed by atoms with Crippen molar-refractivity contribution in [3.05, 3.63) is 33.3 Å². The van der Waals surface area contributed by atoms with Crippen molar-refractivity contribution in [2.75, 3.05) is 11.9 Å². The highest BCUT2D eigenvalue weighted by Gasteiger charge is 2.23. The third kappa shape index (κ3) is 3.34. The number of hydrogen-bond donors (Lipinski definition) is 2. The number of nitrogens with two attached hydrogens (primary N) is 1. The fraction of sp³-hybridized carbons (Fsp3) is 0.500. The second-order valence-electron chi connectivity index (χ2n) is 4.31. The number of halogens is 1. The van der Waals surface area contributed by atoms with Crippen molar-refractivity contribution in [1.82, 2.24) is 0 Å². The minimum absolute atomic E-state index is 0.0305. The summed E-state index contributed by atoms with van der Waals surface area (Å²) in [4.78, 5) is 10.5. The molecule has 0 fully saturated rings. The largest absolute Gasteiger partial charge is 0.376 e. The number of anilines is 1. The molecule has 0 aromatic heterocycles. The van der Waals surface area contributed by atoms with Crippen LogP contribution in [0.1, 0.15) is 26.7 Å². The van der Waals surface area contributed by atoms with Crippen molar-refractivity contribution in [3.63, 3.8) is 0 Å². The molecule has 5 nitrogen and oxygen atoms in total. The van der Waals surface area contributed by atoms with Crippen molar-refractivity contribution in [2.24, 2.45) is 5.73 Å². The molecule has 0 aliphatic heterocycles. The predicted molar refractivity (Wildman–Crippen MR) is 74.1 cm³/mol. The van der Waals surface area contributed by atoms with Crippen LogP contribution in [0.25, 0.3) is 0 Å². The lowest BCUT2D eigenvalue weighted by atomic mass is 9.94. The summed E-state index contributed by atoms with van der Waals surface area (Å²) in [6.07, 6.45) is 1.57. The van der Waals surface area contributed by atoms with E-state index >= 15 is 0 Å². The van der Waals surface area contributed by atoms with E-state index in [1.807, 2.05) is 13.8 Å². The summed E-state index contributed by atoms with van der Waals surface area (Å²) in [5.41, 5.74) is 6.07. The van der Waals surface area contributed by atoms with Crippen LogP contribution in [0.5, 0.6) is 0 Å². The zero-order valence-electron chi connectivity index (χ0n) is 10.6. The van der Waals surface area contributed by atoms with Gasteiger partial charge in [-0.2, -0.15) is 0 Å². The molecule has 0 aliphatic carbocycles. The Bertz CT molecular complexity index is 433. The second-order valence-corrected chi connectivity index (χ2v) is 4.72. The first kappa shape index (κ1) is 14.7. The van der Waals surface area contributed by atoms with Crippen LogP contribution in [0.4, 0.5) is 11.4 Å². The average molecular weight is 272 g/mol. The Labute approximate surface area is 111 Å². The maximum absolute atomic E-state index is 10.9. The Morgan fingerprint density at radius 3 is 2.56 bits per heavy atom. The summed E-state index contributed by atoms with van der Waals surface area (Å²) >= 11 is 5.98. The summed E-state index contributed by atoms with van der Waals surface area (Å²) < 4.78 is 0. The molecule has 0 radical (unpaired) electrons. The van der Waals surface area contributed by atoms with Crippen LogP contribution in [0, 0.1) is 10.1 Å². The number of nitro groups is 1. The molecule has 0 aliphatic rings. The lowest BCUT2D eigenvalue weighted by Gasteiger charge is -2.27. The molecule has 18 heavy (non-hydrogen) atoms. The first-order chi connectivity index (χ1) is 8.43. The van der Waals surface area contributed by atoms with Gasteiger partial charge in [0.05, 0.1) is 9.95 Å². The zero-order chi connectivity index (χ0) is 13.8. The van der Waals surface area contributed by atoms with Gasteiger partial charge < -0.3 is 11.1 Å². The summed E-state index contributed by atoms with van der Waals surface area (Å²) in [6.45, 7) is 4.43. The van der Waals surface area contributed by atoms with Gasteiger partial charge in [-0.3, -0.25) is 10.1 Å². The van der Waals surface area contributed by atoms with Crippen LogP contribution in [0.3, 0.4) is 0 Å². The Kier molecular flexibility index (Phi) is 4.93. The second kappa shape index (κ2) is 6.02. The van der Waals surface area contributed by atoms with E-state index in [1.54, 1.807) is 12.1 Å². The molecule has 1 aromatic rings. The van der Waals surface area contributed by atoms with Gasteiger partial charge >= 0.3 is 0 Å². The highest BCUT2D eigenvalue weighted by atomic mass is 35.5. The van der Waals surface area contributed by atoms with E-state index in [4.69, 9.17) is 17.3 Å².